The van der Waals surface area contributed by atoms with Crippen LogP contribution in [0.25, 0.3) is 17.0 Å². The highest BCUT2D eigenvalue weighted by atomic mass is 35.5. The van der Waals surface area contributed by atoms with Gasteiger partial charge in [0.15, 0.2) is 0 Å². The molecule has 1 aromatic carbocycles. The average molecular weight is 409 g/mol. The lowest BCUT2D eigenvalue weighted by Crippen LogP contribution is -2.30. The Kier molecular flexibility index (Phi) is 5.45. The molecule has 0 radical (unpaired) electrons. The van der Waals surface area contributed by atoms with Gasteiger partial charge in [-0.3, -0.25) is 14.5 Å². The third-order valence-corrected chi connectivity index (χ3v) is 5.39. The molecular weight excluding hydrogens is 396 g/mol. The summed E-state index contributed by atoms with van der Waals surface area (Å²) in [5.74, 6) is -0.630. The zero-order valence-electron chi connectivity index (χ0n) is 13.6. The minimum absolute atomic E-state index is 0.0399. The fourth-order valence-corrected chi connectivity index (χ4v) is 3.92. The van der Waals surface area contributed by atoms with Gasteiger partial charge < -0.3 is 9.84 Å². The van der Waals surface area contributed by atoms with E-state index < -0.39 is 5.97 Å². The molecule has 134 valence electrons. The van der Waals surface area contributed by atoms with Crippen molar-refractivity contribution >= 4 is 68.8 Å². The minimum atomic E-state index is -0.987. The summed E-state index contributed by atoms with van der Waals surface area (Å²) in [5.41, 5.74) is 1.29. The van der Waals surface area contributed by atoms with E-state index in [0.717, 1.165) is 17.1 Å². The van der Waals surface area contributed by atoms with Crippen LogP contribution in [0.3, 0.4) is 0 Å². The van der Waals surface area contributed by atoms with Crippen LogP contribution in [0.15, 0.2) is 29.2 Å². The second-order valence-electron chi connectivity index (χ2n) is 5.40. The molecule has 0 unspecified atom stereocenters. The Hall–Kier alpha value is -2.16. The maximum Gasteiger partial charge on any atom is 0.305 e. The van der Waals surface area contributed by atoms with Crippen LogP contribution in [0.5, 0.6) is 5.75 Å². The topological polar surface area (TPSA) is 79.7 Å². The highest BCUT2D eigenvalue weighted by Gasteiger charge is 2.32. The van der Waals surface area contributed by atoms with E-state index in [1.807, 2.05) is 12.1 Å². The number of amides is 1. The number of rotatable bonds is 5. The van der Waals surface area contributed by atoms with Gasteiger partial charge in [-0.15, -0.1) is 0 Å². The number of fused-ring (bicyclic) bond motifs is 1. The number of ether oxygens (including phenoxy) is 1. The third kappa shape index (κ3) is 3.82. The Morgan fingerprint density at radius 1 is 1.46 bits per heavy atom. The van der Waals surface area contributed by atoms with E-state index in [9.17, 15) is 9.59 Å². The van der Waals surface area contributed by atoms with Gasteiger partial charge in [0, 0.05) is 17.5 Å². The van der Waals surface area contributed by atoms with E-state index >= 15 is 0 Å². The number of pyridine rings is 1. The van der Waals surface area contributed by atoms with Crippen molar-refractivity contribution in [1.29, 1.82) is 0 Å². The highest BCUT2D eigenvalue weighted by Crippen LogP contribution is 2.34. The molecule has 1 aliphatic heterocycles. The molecular formula is C17H13ClN2O4S2. The van der Waals surface area contributed by atoms with Gasteiger partial charge in [0.05, 0.1) is 24.0 Å². The maximum atomic E-state index is 12.5. The lowest BCUT2D eigenvalue weighted by Gasteiger charge is -2.12. The highest BCUT2D eigenvalue weighted by molar-refractivity contribution is 8.26. The summed E-state index contributed by atoms with van der Waals surface area (Å²) in [6, 6.07) is 7.24. The van der Waals surface area contributed by atoms with Crippen LogP contribution < -0.4 is 4.74 Å². The number of carbonyl (C=O) groups excluding carboxylic acids is 1. The van der Waals surface area contributed by atoms with Crippen molar-refractivity contribution in [2.45, 2.75) is 6.42 Å². The quantitative estimate of drug-likeness (QED) is 0.460. The summed E-state index contributed by atoms with van der Waals surface area (Å²) in [4.78, 5) is 29.2. The van der Waals surface area contributed by atoms with Crippen molar-refractivity contribution < 1.29 is 19.4 Å². The fourth-order valence-electron chi connectivity index (χ4n) is 2.42. The van der Waals surface area contributed by atoms with Crippen molar-refractivity contribution in [3.05, 3.63) is 39.9 Å². The number of benzene rings is 1. The van der Waals surface area contributed by atoms with Crippen molar-refractivity contribution in [2.75, 3.05) is 13.7 Å². The first kappa shape index (κ1) is 18.6. The monoisotopic (exact) mass is 408 g/mol. The number of aromatic nitrogens is 1. The van der Waals surface area contributed by atoms with E-state index in [1.165, 1.54) is 4.90 Å². The number of hydrogen-bond acceptors (Lipinski definition) is 6. The smallest absolute Gasteiger partial charge is 0.305 e. The van der Waals surface area contributed by atoms with Gasteiger partial charge in [-0.25, -0.2) is 4.98 Å². The maximum absolute atomic E-state index is 12.5. The van der Waals surface area contributed by atoms with Gasteiger partial charge in [0.25, 0.3) is 5.91 Å². The summed E-state index contributed by atoms with van der Waals surface area (Å²) in [5, 5.41) is 9.87. The van der Waals surface area contributed by atoms with Crippen LogP contribution in [0, 0.1) is 0 Å². The number of methoxy groups -OCH3 is 1. The van der Waals surface area contributed by atoms with E-state index in [4.69, 9.17) is 33.7 Å². The number of carboxylic acids is 1. The van der Waals surface area contributed by atoms with Gasteiger partial charge in [0.1, 0.15) is 15.2 Å². The largest absolute Gasteiger partial charge is 0.497 e. The normalized spacial score (nSPS) is 15.9. The Balaban J connectivity index is 1.94. The SMILES string of the molecule is COc1ccc2nc(Cl)c(C=C3SC(=S)N(CCC(=O)O)C3=O)cc2c1. The molecule has 9 heteroatoms. The molecule has 26 heavy (non-hydrogen) atoms. The molecule has 0 bridgehead atoms. The summed E-state index contributed by atoms with van der Waals surface area (Å²) >= 11 is 12.5. The molecule has 1 aromatic heterocycles. The van der Waals surface area contributed by atoms with Crippen LogP contribution in [0.1, 0.15) is 12.0 Å². The third-order valence-electron chi connectivity index (χ3n) is 3.71. The van der Waals surface area contributed by atoms with E-state index in [2.05, 4.69) is 4.98 Å². The molecule has 2 heterocycles. The van der Waals surface area contributed by atoms with Crippen molar-refractivity contribution in [3.8, 4) is 5.75 Å². The number of halogens is 1. The molecule has 6 nitrogen and oxygen atoms in total. The van der Waals surface area contributed by atoms with Crippen LogP contribution in [-0.4, -0.2) is 44.8 Å². The first-order valence-corrected chi connectivity index (χ1v) is 9.11. The van der Waals surface area contributed by atoms with Crippen LogP contribution in [0.4, 0.5) is 0 Å². The van der Waals surface area contributed by atoms with Gasteiger partial charge in [-0.1, -0.05) is 35.6 Å². The molecule has 0 saturated carbocycles. The van der Waals surface area contributed by atoms with Crippen LogP contribution in [-0.2, 0) is 9.59 Å². The summed E-state index contributed by atoms with van der Waals surface area (Å²) in [6.07, 6.45) is 1.45. The molecule has 1 fully saturated rings. The molecule has 1 amide bonds. The Morgan fingerprint density at radius 2 is 2.23 bits per heavy atom. The van der Waals surface area contributed by atoms with Gasteiger partial charge in [-0.2, -0.15) is 0 Å². The Labute approximate surface area is 163 Å². The number of thioether (sulfide) groups is 1. The number of thiocarbonyl (C=S) groups is 1. The number of nitrogens with zero attached hydrogens (tertiary/aromatic N) is 2. The predicted octanol–water partition coefficient (Wildman–Crippen LogP) is 3.57. The van der Waals surface area contributed by atoms with Crippen LogP contribution in [0.2, 0.25) is 5.15 Å². The second kappa shape index (κ2) is 7.61. The van der Waals surface area contributed by atoms with Crippen LogP contribution >= 0.6 is 35.6 Å². The Bertz CT molecular complexity index is 961. The van der Waals surface area contributed by atoms with E-state index in [0.29, 0.717) is 26.1 Å². The number of carbonyl (C=O) groups is 2. The first-order chi connectivity index (χ1) is 12.4. The van der Waals surface area contributed by atoms with Gasteiger partial charge in [0.2, 0.25) is 0 Å². The lowest BCUT2D eigenvalue weighted by molar-refractivity contribution is -0.137. The average Bonchev–Trinajstić information content (AvgIpc) is 2.86. The lowest BCUT2D eigenvalue weighted by atomic mass is 10.1. The summed E-state index contributed by atoms with van der Waals surface area (Å²) in [7, 11) is 1.58. The molecule has 2 aromatic rings. The van der Waals surface area contributed by atoms with Crippen molar-refractivity contribution in [3.63, 3.8) is 0 Å². The molecule has 3 rings (SSSR count). The number of carboxylic acid groups (broad SMARTS) is 1. The Morgan fingerprint density at radius 3 is 2.92 bits per heavy atom. The standard InChI is InChI=1S/C17H13ClN2O4S2/c1-24-11-2-3-12-9(7-11)6-10(15(18)19-12)8-13-16(23)20(17(25)26-13)5-4-14(21)22/h2-3,6-8H,4-5H2,1H3,(H,21,22). The van der Waals surface area contributed by atoms with Gasteiger partial charge >= 0.3 is 5.97 Å². The van der Waals surface area contributed by atoms with Gasteiger partial charge in [-0.05, 0) is 30.3 Å². The summed E-state index contributed by atoms with van der Waals surface area (Å²) < 4.78 is 5.54. The number of aliphatic carboxylic acids is 1. The molecule has 0 atom stereocenters. The molecule has 0 aliphatic carbocycles. The molecule has 1 aliphatic rings. The minimum Gasteiger partial charge on any atom is -0.497 e. The second-order valence-corrected chi connectivity index (χ2v) is 7.44. The zero-order valence-corrected chi connectivity index (χ0v) is 16.0. The molecule has 1 N–H and O–H groups in total. The summed E-state index contributed by atoms with van der Waals surface area (Å²) in [6.45, 7) is 0.0399. The molecule has 0 spiro atoms. The van der Waals surface area contributed by atoms with Crippen molar-refractivity contribution in [2.24, 2.45) is 0 Å². The van der Waals surface area contributed by atoms with Crippen molar-refractivity contribution in [1.82, 2.24) is 9.88 Å². The molecule has 1 saturated heterocycles. The van der Waals surface area contributed by atoms with E-state index in [-0.39, 0.29) is 24.0 Å². The predicted molar refractivity (Wildman–Crippen MR) is 105 cm³/mol. The first-order valence-electron chi connectivity index (χ1n) is 7.50. The zero-order chi connectivity index (χ0) is 18.8. The number of hydrogen-bond donors (Lipinski definition) is 1. The fraction of sp³-hybridized carbons (Fsp3) is 0.176. The van der Waals surface area contributed by atoms with E-state index in [1.54, 1.807) is 25.3 Å².